The zero-order chi connectivity index (χ0) is 11.2. The Kier molecular flexibility index (Phi) is 3.65. The van der Waals surface area contributed by atoms with E-state index in [-0.39, 0.29) is 32.6 Å². The lowest BCUT2D eigenvalue weighted by molar-refractivity contribution is 0.0163. The molecular weight excluding hydrogens is 328 g/mol. The van der Waals surface area contributed by atoms with Crippen molar-refractivity contribution in [2.24, 2.45) is 0 Å². The number of fused-ring (bicyclic) bond motifs is 1. The van der Waals surface area contributed by atoms with Crippen molar-refractivity contribution in [3.8, 4) is 0 Å². The van der Waals surface area contributed by atoms with Gasteiger partial charge in [0.25, 0.3) is 11.2 Å². The van der Waals surface area contributed by atoms with Crippen LogP contribution in [0.5, 0.6) is 0 Å². The standard InChI is InChI=1S/C7H4ClF2N3OS.BrH/c1-7(9,10)5-12-13-2-3(4(8)14)11-6(13)15-5;/h2H,1H3;1H. The lowest BCUT2D eigenvalue weighted by Crippen LogP contribution is -2.06. The summed E-state index contributed by atoms with van der Waals surface area (Å²) in [6, 6.07) is 0. The highest BCUT2D eigenvalue weighted by Crippen LogP contribution is 2.30. The lowest BCUT2D eigenvalue weighted by Gasteiger charge is -2.02. The first-order valence-electron chi connectivity index (χ1n) is 3.82. The molecule has 0 saturated heterocycles. The molecule has 9 heteroatoms. The van der Waals surface area contributed by atoms with Crippen LogP contribution in [0, 0.1) is 0 Å². The Morgan fingerprint density at radius 2 is 2.25 bits per heavy atom. The van der Waals surface area contributed by atoms with Gasteiger partial charge in [-0.2, -0.15) is 13.9 Å². The number of carbonyl (C=O) groups excluding carboxylic acids is 1. The van der Waals surface area contributed by atoms with E-state index >= 15 is 0 Å². The van der Waals surface area contributed by atoms with Crippen molar-refractivity contribution >= 4 is 50.1 Å². The van der Waals surface area contributed by atoms with Crippen molar-refractivity contribution in [1.29, 1.82) is 0 Å². The summed E-state index contributed by atoms with van der Waals surface area (Å²) < 4.78 is 26.8. The molecule has 2 aromatic rings. The first kappa shape index (κ1) is 13.5. The summed E-state index contributed by atoms with van der Waals surface area (Å²) >= 11 is 5.90. The molecule has 0 unspecified atom stereocenters. The van der Waals surface area contributed by atoms with Gasteiger partial charge in [-0.1, -0.05) is 11.3 Å². The third-order valence-electron chi connectivity index (χ3n) is 1.62. The van der Waals surface area contributed by atoms with Crippen LogP contribution in [0.2, 0.25) is 0 Å². The smallest absolute Gasteiger partial charge is 0.274 e. The van der Waals surface area contributed by atoms with Crippen LogP contribution in [0.4, 0.5) is 8.78 Å². The molecule has 0 saturated carbocycles. The molecule has 0 N–H and O–H groups in total. The van der Waals surface area contributed by atoms with Gasteiger partial charge in [0.2, 0.25) is 4.96 Å². The fourth-order valence-electron chi connectivity index (χ4n) is 0.972. The van der Waals surface area contributed by atoms with Crippen molar-refractivity contribution in [1.82, 2.24) is 14.6 Å². The number of hydrogen-bond donors (Lipinski definition) is 0. The number of nitrogens with zero attached hydrogens (tertiary/aromatic N) is 3. The molecule has 0 spiro atoms. The maximum absolute atomic E-state index is 12.8. The number of imidazole rings is 1. The molecule has 2 heterocycles. The first-order chi connectivity index (χ1) is 6.88. The minimum Gasteiger partial charge on any atom is -0.274 e. The average molecular weight is 333 g/mol. The minimum absolute atomic E-state index is 0. The highest BCUT2D eigenvalue weighted by atomic mass is 79.9. The number of rotatable bonds is 2. The van der Waals surface area contributed by atoms with E-state index in [9.17, 15) is 13.6 Å². The quantitative estimate of drug-likeness (QED) is 0.795. The molecule has 2 rings (SSSR count). The second-order valence-electron chi connectivity index (χ2n) is 2.92. The van der Waals surface area contributed by atoms with E-state index in [2.05, 4.69) is 10.1 Å². The van der Waals surface area contributed by atoms with Crippen LogP contribution in [0.3, 0.4) is 0 Å². The molecule has 0 aliphatic carbocycles. The maximum atomic E-state index is 12.8. The van der Waals surface area contributed by atoms with E-state index in [1.807, 2.05) is 0 Å². The fraction of sp³-hybridized carbons (Fsp3) is 0.286. The van der Waals surface area contributed by atoms with Gasteiger partial charge in [0, 0.05) is 6.92 Å². The monoisotopic (exact) mass is 331 g/mol. The Bertz CT molecular complexity index is 504. The predicted molar refractivity (Wildman–Crippen MR) is 60.9 cm³/mol. The highest BCUT2D eigenvalue weighted by molar-refractivity contribution is 8.93. The number of carbonyl (C=O) groups is 1. The van der Waals surface area contributed by atoms with Gasteiger partial charge >= 0.3 is 0 Å². The normalized spacial score (nSPS) is 11.5. The Morgan fingerprint density at radius 3 is 2.69 bits per heavy atom. The molecule has 0 aromatic carbocycles. The maximum Gasteiger partial charge on any atom is 0.298 e. The zero-order valence-corrected chi connectivity index (χ0v) is 11.1. The van der Waals surface area contributed by atoms with Crippen LogP contribution >= 0.6 is 39.9 Å². The molecule has 0 amide bonds. The topological polar surface area (TPSA) is 47.3 Å². The Balaban J connectivity index is 0.00000128. The number of halogens is 4. The van der Waals surface area contributed by atoms with E-state index in [0.717, 1.165) is 22.8 Å². The van der Waals surface area contributed by atoms with Gasteiger partial charge in [0.15, 0.2) is 5.01 Å². The lowest BCUT2D eigenvalue weighted by atomic mass is 10.4. The number of hydrogen-bond acceptors (Lipinski definition) is 4. The van der Waals surface area contributed by atoms with Gasteiger partial charge in [0.1, 0.15) is 5.69 Å². The van der Waals surface area contributed by atoms with Crippen LogP contribution in [0.25, 0.3) is 4.96 Å². The molecule has 16 heavy (non-hydrogen) atoms. The highest BCUT2D eigenvalue weighted by Gasteiger charge is 2.30. The van der Waals surface area contributed by atoms with Crippen molar-refractivity contribution in [3.05, 3.63) is 16.9 Å². The summed E-state index contributed by atoms with van der Waals surface area (Å²) in [6.45, 7) is 0.749. The molecule has 0 atom stereocenters. The Hall–Kier alpha value is -0.600. The van der Waals surface area contributed by atoms with Crippen molar-refractivity contribution in [3.63, 3.8) is 0 Å². The SMILES string of the molecule is Br.CC(F)(F)c1nn2cc(C(=O)Cl)nc2s1. The van der Waals surface area contributed by atoms with Crippen molar-refractivity contribution in [2.45, 2.75) is 12.8 Å². The van der Waals surface area contributed by atoms with Gasteiger partial charge in [-0.15, -0.1) is 17.0 Å². The van der Waals surface area contributed by atoms with Gasteiger partial charge in [-0.3, -0.25) is 4.79 Å². The molecule has 0 fully saturated rings. The molecule has 4 nitrogen and oxygen atoms in total. The molecule has 0 aliphatic rings. The second-order valence-corrected chi connectivity index (χ2v) is 4.22. The molecule has 88 valence electrons. The van der Waals surface area contributed by atoms with Crippen LogP contribution in [-0.2, 0) is 5.92 Å². The molecule has 0 bridgehead atoms. The Morgan fingerprint density at radius 1 is 1.62 bits per heavy atom. The van der Waals surface area contributed by atoms with Crippen LogP contribution in [0.1, 0.15) is 22.4 Å². The van der Waals surface area contributed by atoms with E-state index in [4.69, 9.17) is 11.6 Å². The summed E-state index contributed by atoms with van der Waals surface area (Å²) in [7, 11) is 0. The van der Waals surface area contributed by atoms with Crippen LogP contribution < -0.4 is 0 Å². The minimum atomic E-state index is -3.00. The van der Waals surface area contributed by atoms with Crippen molar-refractivity contribution < 1.29 is 13.6 Å². The van der Waals surface area contributed by atoms with Crippen molar-refractivity contribution in [2.75, 3.05) is 0 Å². The summed E-state index contributed by atoms with van der Waals surface area (Å²) in [6.07, 6.45) is 1.22. The molecule has 2 aromatic heterocycles. The van der Waals surface area contributed by atoms with Gasteiger partial charge in [-0.05, 0) is 11.6 Å². The first-order valence-corrected chi connectivity index (χ1v) is 5.02. The zero-order valence-electron chi connectivity index (χ0n) is 7.78. The molecular formula is C7H5BrClF2N3OS. The number of alkyl halides is 2. The summed E-state index contributed by atoms with van der Waals surface area (Å²) in [4.78, 5) is 14.7. The van der Waals surface area contributed by atoms with Crippen LogP contribution in [0.15, 0.2) is 6.20 Å². The summed E-state index contributed by atoms with van der Waals surface area (Å²) in [5.41, 5.74) is 0.00128. The van der Waals surface area contributed by atoms with Gasteiger partial charge < -0.3 is 0 Å². The van der Waals surface area contributed by atoms with Gasteiger partial charge in [0.05, 0.1) is 6.20 Å². The van der Waals surface area contributed by atoms with E-state index in [1.54, 1.807) is 0 Å². The third kappa shape index (κ3) is 2.38. The van der Waals surface area contributed by atoms with E-state index < -0.39 is 11.2 Å². The largest absolute Gasteiger partial charge is 0.298 e. The molecule has 0 radical (unpaired) electrons. The second kappa shape index (κ2) is 4.34. The van der Waals surface area contributed by atoms with Crippen LogP contribution in [-0.4, -0.2) is 19.8 Å². The summed E-state index contributed by atoms with van der Waals surface area (Å²) in [5, 5.41) is 2.51. The average Bonchev–Trinajstić information content (AvgIpc) is 2.55. The predicted octanol–water partition coefficient (Wildman–Crippen LogP) is 2.86. The molecule has 0 aliphatic heterocycles. The fourth-order valence-corrected chi connectivity index (χ4v) is 1.88. The van der Waals surface area contributed by atoms with Gasteiger partial charge in [-0.25, -0.2) is 9.50 Å². The number of aromatic nitrogens is 3. The van der Waals surface area contributed by atoms with E-state index in [0.29, 0.717) is 0 Å². The summed E-state index contributed by atoms with van der Waals surface area (Å²) in [5.74, 6) is -3.00. The van der Waals surface area contributed by atoms with E-state index in [1.165, 1.54) is 6.20 Å². The third-order valence-corrected chi connectivity index (χ3v) is 2.91. The Labute approximate surface area is 108 Å².